The number of nitrogens with zero attached hydrogens (tertiary/aromatic N) is 3. The fourth-order valence-electron chi connectivity index (χ4n) is 4.46. The average Bonchev–Trinajstić information content (AvgIpc) is 3.24. The lowest BCUT2D eigenvalue weighted by molar-refractivity contribution is -0.112. The van der Waals surface area contributed by atoms with Crippen LogP contribution in [0.2, 0.25) is 0 Å². The number of rotatable bonds is 5. The Bertz CT molecular complexity index is 1390. The normalized spacial score (nSPS) is 13.8. The number of anilines is 2. The zero-order valence-electron chi connectivity index (χ0n) is 19.1. The van der Waals surface area contributed by atoms with Crippen LogP contribution in [0.15, 0.2) is 85.2 Å². The van der Waals surface area contributed by atoms with Gasteiger partial charge >= 0.3 is 0 Å². The Balaban J connectivity index is 1.41. The van der Waals surface area contributed by atoms with Gasteiger partial charge in [-0.15, -0.1) is 0 Å². The minimum atomic E-state index is -0.673. The van der Waals surface area contributed by atoms with E-state index in [4.69, 9.17) is 0 Å². The first-order chi connectivity index (χ1) is 16.5. The number of amides is 1. The molecule has 1 aromatic carbocycles. The molecule has 3 aromatic heterocycles. The van der Waals surface area contributed by atoms with Crippen molar-refractivity contribution in [1.82, 2.24) is 9.38 Å². The minimum Gasteiger partial charge on any atom is -0.371 e. The van der Waals surface area contributed by atoms with E-state index >= 15 is 0 Å². The topological polar surface area (TPSA) is 66.7 Å². The fraction of sp³-hybridized carbons (Fsp3) is 0.179. The van der Waals surface area contributed by atoms with E-state index in [1.807, 2.05) is 67.6 Å². The standard InChI is InChI=1S/C28H26N4O2/c1-19-12-16-31(17-13-19)22-10-8-21(9-11-22)30-28(34)27(33)26-25(24-7-5-14-29-20(24)2)18-23-6-3-4-15-32(23)26/h3-11,14-15,18H,1,12-13,16-17H2,2H3,(H,30,34). The minimum absolute atomic E-state index is 0.328. The van der Waals surface area contributed by atoms with Crippen molar-refractivity contribution in [2.75, 3.05) is 23.3 Å². The summed E-state index contributed by atoms with van der Waals surface area (Å²) in [7, 11) is 0. The van der Waals surface area contributed by atoms with Gasteiger partial charge in [-0.2, -0.15) is 0 Å². The SMILES string of the molecule is C=C1CCN(c2ccc(NC(=O)C(=O)c3c(-c4cccnc4C)cc4ccccn34)cc2)CC1. The van der Waals surface area contributed by atoms with E-state index in [9.17, 15) is 9.59 Å². The second-order valence-electron chi connectivity index (χ2n) is 8.61. The molecule has 1 N–H and O–H groups in total. The molecule has 6 nitrogen and oxygen atoms in total. The molecule has 0 aliphatic carbocycles. The third kappa shape index (κ3) is 4.10. The number of piperidine rings is 1. The maximum absolute atomic E-state index is 13.4. The van der Waals surface area contributed by atoms with Crippen molar-refractivity contribution in [1.29, 1.82) is 0 Å². The molecule has 0 spiro atoms. The lowest BCUT2D eigenvalue weighted by Crippen LogP contribution is -2.30. The number of aryl methyl sites for hydroxylation is 1. The number of hydrogen-bond acceptors (Lipinski definition) is 4. The number of nitrogens with one attached hydrogen (secondary N) is 1. The van der Waals surface area contributed by atoms with Gasteiger partial charge in [-0.3, -0.25) is 14.6 Å². The van der Waals surface area contributed by atoms with Crippen LogP contribution < -0.4 is 10.2 Å². The highest BCUT2D eigenvalue weighted by Gasteiger charge is 2.25. The lowest BCUT2D eigenvalue weighted by atomic mass is 10.0. The fourth-order valence-corrected chi connectivity index (χ4v) is 4.46. The van der Waals surface area contributed by atoms with E-state index in [-0.39, 0.29) is 0 Å². The zero-order chi connectivity index (χ0) is 23.7. The first kappa shape index (κ1) is 21.6. The summed E-state index contributed by atoms with van der Waals surface area (Å²) in [6.45, 7) is 7.85. The Morgan fingerprint density at radius 3 is 2.47 bits per heavy atom. The second kappa shape index (κ2) is 8.98. The monoisotopic (exact) mass is 450 g/mol. The first-order valence-corrected chi connectivity index (χ1v) is 11.4. The number of Topliss-reactive ketones (excluding diaryl/α,β-unsaturated/α-hetero) is 1. The van der Waals surface area contributed by atoms with Crippen molar-refractivity contribution >= 4 is 28.6 Å². The number of carbonyl (C=O) groups is 2. The Kier molecular flexibility index (Phi) is 5.72. The van der Waals surface area contributed by atoms with Gasteiger partial charge in [0.1, 0.15) is 5.69 Å². The van der Waals surface area contributed by atoms with E-state index in [0.717, 1.165) is 48.4 Å². The molecule has 0 radical (unpaired) electrons. The summed E-state index contributed by atoms with van der Waals surface area (Å²) in [6, 6.07) is 19.0. The molecule has 0 atom stereocenters. The van der Waals surface area contributed by atoms with Crippen LogP contribution in [-0.4, -0.2) is 34.2 Å². The van der Waals surface area contributed by atoms with Crippen molar-refractivity contribution in [3.8, 4) is 11.1 Å². The van der Waals surface area contributed by atoms with Gasteiger partial charge in [-0.05, 0) is 68.3 Å². The Hall–Kier alpha value is -4.19. The first-order valence-electron chi connectivity index (χ1n) is 11.4. The second-order valence-corrected chi connectivity index (χ2v) is 8.61. The van der Waals surface area contributed by atoms with E-state index in [2.05, 4.69) is 21.8 Å². The summed E-state index contributed by atoms with van der Waals surface area (Å²) >= 11 is 0. The number of benzene rings is 1. The quantitative estimate of drug-likeness (QED) is 0.255. The van der Waals surface area contributed by atoms with Crippen LogP contribution in [0.3, 0.4) is 0 Å². The summed E-state index contributed by atoms with van der Waals surface area (Å²) in [5.41, 5.74) is 6.46. The maximum Gasteiger partial charge on any atom is 0.298 e. The van der Waals surface area contributed by atoms with Gasteiger partial charge in [0.2, 0.25) is 0 Å². The molecule has 0 unspecified atom stereocenters. The number of hydrogen-bond donors (Lipinski definition) is 1. The van der Waals surface area contributed by atoms with Crippen molar-refractivity contribution in [3.05, 3.63) is 96.6 Å². The van der Waals surface area contributed by atoms with Gasteiger partial charge in [0.05, 0.1) is 0 Å². The number of ketones is 1. The Labute approximate surface area is 198 Å². The molecule has 1 amide bonds. The van der Waals surface area contributed by atoms with Crippen LogP contribution in [-0.2, 0) is 4.79 Å². The van der Waals surface area contributed by atoms with Crippen molar-refractivity contribution in [3.63, 3.8) is 0 Å². The molecule has 34 heavy (non-hydrogen) atoms. The van der Waals surface area contributed by atoms with Crippen molar-refractivity contribution in [2.24, 2.45) is 0 Å². The van der Waals surface area contributed by atoms with Crippen molar-refractivity contribution in [2.45, 2.75) is 19.8 Å². The molecule has 1 aliphatic rings. The van der Waals surface area contributed by atoms with Gasteiger partial charge in [-0.1, -0.05) is 24.3 Å². The third-order valence-electron chi connectivity index (χ3n) is 6.36. The smallest absolute Gasteiger partial charge is 0.298 e. The van der Waals surface area contributed by atoms with E-state index in [1.54, 1.807) is 16.8 Å². The molecule has 6 heteroatoms. The predicted octanol–water partition coefficient (Wildman–Crippen LogP) is 5.29. The van der Waals surface area contributed by atoms with Crippen LogP contribution in [0.5, 0.6) is 0 Å². The highest BCUT2D eigenvalue weighted by atomic mass is 16.2. The molecule has 0 saturated carbocycles. The molecular weight excluding hydrogens is 424 g/mol. The van der Waals surface area contributed by atoms with Crippen LogP contribution in [0.25, 0.3) is 16.6 Å². The highest BCUT2D eigenvalue weighted by molar-refractivity contribution is 6.47. The summed E-state index contributed by atoms with van der Waals surface area (Å²) in [5.74, 6) is -1.27. The van der Waals surface area contributed by atoms with Gasteiger partial charge in [0, 0.05) is 59.2 Å². The number of pyridine rings is 2. The van der Waals surface area contributed by atoms with Gasteiger partial charge in [0.15, 0.2) is 0 Å². The van der Waals surface area contributed by atoms with Crippen LogP contribution in [0.1, 0.15) is 29.0 Å². The van der Waals surface area contributed by atoms with Gasteiger partial charge in [-0.25, -0.2) is 0 Å². The molecule has 0 bridgehead atoms. The molecular formula is C28H26N4O2. The summed E-state index contributed by atoms with van der Waals surface area (Å²) in [4.78, 5) is 33.1. The summed E-state index contributed by atoms with van der Waals surface area (Å²) in [6.07, 6.45) is 5.51. The number of aromatic nitrogens is 2. The molecule has 5 rings (SSSR count). The zero-order valence-corrected chi connectivity index (χ0v) is 19.1. The summed E-state index contributed by atoms with van der Waals surface area (Å²) in [5, 5.41) is 2.78. The van der Waals surface area contributed by atoms with Crippen LogP contribution in [0.4, 0.5) is 11.4 Å². The third-order valence-corrected chi connectivity index (χ3v) is 6.36. The predicted molar refractivity (Wildman–Crippen MR) is 135 cm³/mol. The molecule has 170 valence electrons. The van der Waals surface area contributed by atoms with E-state index in [0.29, 0.717) is 16.9 Å². The highest BCUT2D eigenvalue weighted by Crippen LogP contribution is 2.30. The molecule has 4 aromatic rings. The molecule has 1 aliphatic heterocycles. The Morgan fingerprint density at radius 2 is 1.74 bits per heavy atom. The van der Waals surface area contributed by atoms with E-state index in [1.165, 1.54) is 5.57 Å². The van der Waals surface area contributed by atoms with Gasteiger partial charge in [0.25, 0.3) is 11.7 Å². The van der Waals surface area contributed by atoms with Crippen LogP contribution in [0, 0.1) is 6.92 Å². The summed E-state index contributed by atoms with van der Waals surface area (Å²) < 4.78 is 1.76. The molecule has 1 saturated heterocycles. The molecule has 4 heterocycles. The van der Waals surface area contributed by atoms with Gasteiger partial charge < -0.3 is 14.6 Å². The number of fused-ring (bicyclic) bond motifs is 1. The number of carbonyl (C=O) groups excluding carboxylic acids is 2. The average molecular weight is 451 g/mol. The largest absolute Gasteiger partial charge is 0.371 e. The Morgan fingerprint density at radius 1 is 0.971 bits per heavy atom. The van der Waals surface area contributed by atoms with Crippen molar-refractivity contribution < 1.29 is 9.59 Å². The lowest BCUT2D eigenvalue weighted by Gasteiger charge is -2.30. The molecule has 1 fully saturated rings. The van der Waals surface area contributed by atoms with E-state index < -0.39 is 11.7 Å². The maximum atomic E-state index is 13.4. The van der Waals surface area contributed by atoms with Crippen LogP contribution >= 0.6 is 0 Å².